The lowest BCUT2D eigenvalue weighted by Crippen LogP contribution is -2.32. The lowest BCUT2D eigenvalue weighted by atomic mass is 9.92. The van der Waals surface area contributed by atoms with Gasteiger partial charge in [-0.05, 0) is 12.0 Å². The third kappa shape index (κ3) is 3.01. The van der Waals surface area contributed by atoms with E-state index in [-0.39, 0.29) is 6.42 Å². The van der Waals surface area contributed by atoms with E-state index in [1.165, 1.54) is 0 Å². The molecule has 4 nitrogen and oxygen atoms in total. The van der Waals surface area contributed by atoms with E-state index in [4.69, 9.17) is 0 Å². The van der Waals surface area contributed by atoms with E-state index in [2.05, 4.69) is 0 Å². The number of hydrogen-bond acceptors (Lipinski definition) is 2. The number of aliphatic carboxylic acids is 1. The predicted octanol–water partition coefficient (Wildman–Crippen LogP) is 3.01. The fraction of sp³-hybridized carbons (Fsp3) is 0.462. The van der Waals surface area contributed by atoms with Gasteiger partial charge in [-0.25, -0.2) is 0 Å². The molecule has 0 bridgehead atoms. The Labute approximate surface area is 108 Å². The number of carbonyl (C=O) groups is 1. The molecule has 0 saturated carbocycles. The van der Waals surface area contributed by atoms with Gasteiger partial charge in [-0.15, -0.1) is 0 Å². The first-order chi connectivity index (χ1) is 8.55. The highest BCUT2D eigenvalue weighted by atomic mass is 31.1. The van der Waals surface area contributed by atoms with Crippen LogP contribution in [0.5, 0.6) is 0 Å². The van der Waals surface area contributed by atoms with Crippen molar-refractivity contribution in [1.29, 1.82) is 0 Å². The van der Waals surface area contributed by atoms with Crippen LogP contribution in [0.4, 0.5) is 0 Å². The molecule has 0 radical (unpaired) electrons. The summed E-state index contributed by atoms with van der Waals surface area (Å²) in [4.78, 5) is 21.1. The molecule has 0 heterocycles. The lowest BCUT2D eigenvalue weighted by molar-refractivity contribution is -0.140. The second-order valence-corrected chi connectivity index (χ2v) is 5.80. The summed E-state index contributed by atoms with van der Waals surface area (Å²) in [5.41, 5.74) is 0.417. The van der Waals surface area contributed by atoms with E-state index in [9.17, 15) is 19.4 Å². The maximum absolute atomic E-state index is 11.7. The molecule has 18 heavy (non-hydrogen) atoms. The van der Waals surface area contributed by atoms with Crippen molar-refractivity contribution in [3.05, 3.63) is 35.9 Å². The zero-order valence-electron chi connectivity index (χ0n) is 10.4. The van der Waals surface area contributed by atoms with Crippen LogP contribution >= 0.6 is 8.03 Å². The summed E-state index contributed by atoms with van der Waals surface area (Å²) in [5.74, 6) is -1.21. The maximum Gasteiger partial charge on any atom is 0.323 e. The van der Waals surface area contributed by atoms with Crippen molar-refractivity contribution in [2.45, 2.75) is 37.8 Å². The summed E-state index contributed by atoms with van der Waals surface area (Å²) in [7, 11) is -3.21. The van der Waals surface area contributed by atoms with Crippen molar-refractivity contribution >= 4 is 14.0 Å². The smallest absolute Gasteiger partial charge is 0.323 e. The molecule has 1 aromatic carbocycles. The normalized spacial score (nSPS) is 15.9. The van der Waals surface area contributed by atoms with Gasteiger partial charge in [-0.1, -0.05) is 56.5 Å². The SMILES string of the molecule is CCCCCC(C(=O)O)(c1ccccc1)[PH](=O)O. The van der Waals surface area contributed by atoms with E-state index in [1.807, 2.05) is 6.92 Å². The Hall–Kier alpha value is -1.12. The van der Waals surface area contributed by atoms with Gasteiger partial charge < -0.3 is 10.00 Å². The molecule has 0 fully saturated rings. The van der Waals surface area contributed by atoms with Crippen LogP contribution < -0.4 is 0 Å². The van der Waals surface area contributed by atoms with Crippen LogP contribution in [0.1, 0.15) is 38.2 Å². The van der Waals surface area contributed by atoms with E-state index in [0.29, 0.717) is 12.0 Å². The first-order valence-corrected chi connectivity index (χ1v) is 7.43. The Morgan fingerprint density at radius 2 is 1.89 bits per heavy atom. The first-order valence-electron chi connectivity index (χ1n) is 6.08. The number of carboxylic acid groups (broad SMARTS) is 1. The Morgan fingerprint density at radius 3 is 2.33 bits per heavy atom. The zero-order valence-corrected chi connectivity index (χ0v) is 11.4. The second-order valence-electron chi connectivity index (χ2n) is 4.34. The van der Waals surface area contributed by atoms with Crippen LogP contribution in [-0.4, -0.2) is 16.0 Å². The van der Waals surface area contributed by atoms with Gasteiger partial charge in [0.15, 0.2) is 5.16 Å². The van der Waals surface area contributed by atoms with Gasteiger partial charge in [0.1, 0.15) is 0 Å². The largest absolute Gasteiger partial charge is 0.480 e. The molecule has 0 aromatic heterocycles. The van der Waals surface area contributed by atoms with Crippen molar-refractivity contribution in [2.24, 2.45) is 0 Å². The number of hydrogen-bond donors (Lipinski definition) is 2. The molecule has 2 unspecified atom stereocenters. The summed E-state index contributed by atoms with van der Waals surface area (Å²) in [6.07, 6.45) is 2.64. The fourth-order valence-corrected chi connectivity index (χ4v) is 3.05. The molecule has 0 spiro atoms. The highest BCUT2D eigenvalue weighted by Crippen LogP contribution is 2.48. The summed E-state index contributed by atoms with van der Waals surface area (Å²) in [6.45, 7) is 2.01. The number of rotatable bonds is 7. The van der Waals surface area contributed by atoms with Crippen molar-refractivity contribution in [2.75, 3.05) is 0 Å². The van der Waals surface area contributed by atoms with Crippen LogP contribution in [0.2, 0.25) is 0 Å². The topological polar surface area (TPSA) is 74.6 Å². The summed E-state index contributed by atoms with van der Waals surface area (Å²) in [5, 5.41) is 7.77. The quantitative estimate of drug-likeness (QED) is 0.590. The summed E-state index contributed by atoms with van der Waals surface area (Å²) in [6, 6.07) is 8.36. The molecule has 2 atom stereocenters. The van der Waals surface area contributed by atoms with Crippen molar-refractivity contribution in [3.8, 4) is 0 Å². The first kappa shape index (κ1) is 14.9. The molecule has 0 saturated heterocycles. The molecular weight excluding hydrogens is 251 g/mol. The van der Waals surface area contributed by atoms with Crippen LogP contribution in [0.25, 0.3) is 0 Å². The van der Waals surface area contributed by atoms with Gasteiger partial charge in [0, 0.05) is 0 Å². The fourth-order valence-electron chi connectivity index (χ4n) is 2.06. The minimum absolute atomic E-state index is 0.203. The maximum atomic E-state index is 11.7. The Bertz CT molecular complexity index is 402. The highest BCUT2D eigenvalue weighted by Gasteiger charge is 2.45. The molecular formula is C13H19O4P. The number of benzene rings is 1. The predicted molar refractivity (Wildman–Crippen MR) is 71.1 cm³/mol. The van der Waals surface area contributed by atoms with Crippen molar-refractivity contribution in [1.82, 2.24) is 0 Å². The van der Waals surface area contributed by atoms with Gasteiger partial charge in [-0.2, -0.15) is 0 Å². The number of unbranched alkanes of at least 4 members (excludes halogenated alkanes) is 2. The van der Waals surface area contributed by atoms with E-state index in [0.717, 1.165) is 12.8 Å². The molecule has 100 valence electrons. The minimum atomic E-state index is -3.21. The molecule has 0 aliphatic carbocycles. The van der Waals surface area contributed by atoms with Gasteiger partial charge in [-0.3, -0.25) is 9.36 Å². The standard InChI is InChI=1S/C13H19O4P/c1-2-3-7-10-13(12(14)15,18(16)17)11-8-5-4-6-9-11/h4-6,8-9,18H,2-3,7,10H2,1H3,(H,14,15)(H,16,17). The Morgan fingerprint density at radius 1 is 1.28 bits per heavy atom. The van der Waals surface area contributed by atoms with Gasteiger partial charge >= 0.3 is 5.97 Å². The lowest BCUT2D eigenvalue weighted by Gasteiger charge is -2.26. The molecule has 5 heteroatoms. The average molecular weight is 270 g/mol. The van der Waals surface area contributed by atoms with Crippen LogP contribution in [0.3, 0.4) is 0 Å². The van der Waals surface area contributed by atoms with Crippen LogP contribution in [0, 0.1) is 0 Å². The summed E-state index contributed by atoms with van der Waals surface area (Å²) >= 11 is 0. The van der Waals surface area contributed by atoms with Crippen molar-refractivity contribution < 1.29 is 19.4 Å². The van der Waals surface area contributed by atoms with Gasteiger partial charge in [0.2, 0.25) is 8.03 Å². The second kappa shape index (κ2) is 6.72. The van der Waals surface area contributed by atoms with Crippen LogP contribution in [0.15, 0.2) is 30.3 Å². The number of carboxylic acids is 1. The molecule has 0 amide bonds. The Balaban J connectivity index is 3.14. The van der Waals surface area contributed by atoms with E-state index >= 15 is 0 Å². The highest BCUT2D eigenvalue weighted by molar-refractivity contribution is 7.41. The van der Waals surface area contributed by atoms with E-state index in [1.54, 1.807) is 30.3 Å². The zero-order chi connectivity index (χ0) is 13.6. The minimum Gasteiger partial charge on any atom is -0.480 e. The third-order valence-corrected chi connectivity index (χ3v) is 4.63. The monoisotopic (exact) mass is 270 g/mol. The molecule has 0 aliphatic heterocycles. The Kier molecular flexibility index (Phi) is 5.57. The average Bonchev–Trinajstić information content (AvgIpc) is 2.35. The van der Waals surface area contributed by atoms with Gasteiger partial charge in [0.05, 0.1) is 0 Å². The molecule has 2 N–H and O–H groups in total. The summed E-state index contributed by atoms with van der Waals surface area (Å²) < 4.78 is 11.7. The van der Waals surface area contributed by atoms with Crippen molar-refractivity contribution in [3.63, 3.8) is 0 Å². The molecule has 1 rings (SSSR count). The molecule has 1 aromatic rings. The molecule has 0 aliphatic rings. The van der Waals surface area contributed by atoms with Gasteiger partial charge in [0.25, 0.3) is 0 Å². The third-order valence-electron chi connectivity index (χ3n) is 3.15. The van der Waals surface area contributed by atoms with Crippen LogP contribution in [-0.2, 0) is 14.5 Å². The van der Waals surface area contributed by atoms with E-state index < -0.39 is 19.2 Å².